The maximum Gasteiger partial charge on any atom is 0.438 e. The summed E-state index contributed by atoms with van der Waals surface area (Å²) in [4.78, 5) is 12.3. The van der Waals surface area contributed by atoms with Crippen molar-refractivity contribution in [2.24, 2.45) is 5.10 Å². The van der Waals surface area contributed by atoms with E-state index in [1.807, 2.05) is 6.92 Å². The van der Waals surface area contributed by atoms with Crippen LogP contribution in [0.15, 0.2) is 45.9 Å². The summed E-state index contributed by atoms with van der Waals surface area (Å²) in [5.74, 6) is -0.184. The molecule has 0 bridgehead atoms. The average Bonchev–Trinajstić information content (AvgIpc) is 3.28. The number of benzene rings is 1. The topological polar surface area (TPSA) is 84.5 Å². The van der Waals surface area contributed by atoms with Gasteiger partial charge < -0.3 is 19.0 Å². The molecule has 1 atom stereocenters. The molecule has 1 aliphatic heterocycles. The van der Waals surface area contributed by atoms with E-state index in [4.69, 9.17) is 13.9 Å². The summed E-state index contributed by atoms with van der Waals surface area (Å²) < 4.78 is 55.3. The lowest BCUT2D eigenvalue weighted by Gasteiger charge is -2.31. The van der Waals surface area contributed by atoms with E-state index in [-0.39, 0.29) is 17.4 Å². The molecule has 0 aliphatic carbocycles. The van der Waals surface area contributed by atoms with Crippen molar-refractivity contribution in [3.05, 3.63) is 47.9 Å². The highest BCUT2D eigenvalue weighted by Crippen LogP contribution is 2.39. The number of ether oxygens (including phenoxy) is 2. The van der Waals surface area contributed by atoms with Gasteiger partial charge in [0, 0.05) is 12.6 Å². The summed E-state index contributed by atoms with van der Waals surface area (Å²) in [5, 5.41) is 13.1. The normalized spacial score (nSPS) is 19.1. The van der Waals surface area contributed by atoms with E-state index < -0.39 is 30.0 Å². The fourth-order valence-electron chi connectivity index (χ4n) is 2.52. The van der Waals surface area contributed by atoms with E-state index in [0.29, 0.717) is 18.1 Å². The van der Waals surface area contributed by atoms with Gasteiger partial charge in [-0.15, -0.1) is 0 Å². The Labute approximate surface area is 158 Å². The molecule has 3 rings (SSSR count). The number of rotatable bonds is 6. The van der Waals surface area contributed by atoms with Crippen LogP contribution in [-0.4, -0.2) is 40.7 Å². The van der Waals surface area contributed by atoms with E-state index in [1.165, 1.54) is 12.1 Å². The van der Waals surface area contributed by atoms with Crippen molar-refractivity contribution in [2.45, 2.75) is 31.9 Å². The van der Waals surface area contributed by atoms with Gasteiger partial charge in [0.1, 0.15) is 23.9 Å². The molecule has 1 amide bonds. The molecule has 150 valence electrons. The van der Waals surface area contributed by atoms with Crippen LogP contribution in [0.25, 0.3) is 0 Å². The summed E-state index contributed by atoms with van der Waals surface area (Å²) in [5.41, 5.74) is -3.39. The van der Waals surface area contributed by atoms with Gasteiger partial charge in [0.2, 0.25) is 0 Å². The molecule has 0 fully saturated rings. The number of hydrazone groups is 1. The van der Waals surface area contributed by atoms with Crippen LogP contribution >= 0.6 is 0 Å². The molecular weight excluding hydrogens is 381 g/mol. The molecule has 1 aromatic carbocycles. The third kappa shape index (κ3) is 3.81. The van der Waals surface area contributed by atoms with Crippen molar-refractivity contribution >= 4 is 12.1 Å². The first-order valence-corrected chi connectivity index (χ1v) is 8.35. The lowest BCUT2D eigenvalue weighted by molar-refractivity contribution is -0.297. The van der Waals surface area contributed by atoms with Gasteiger partial charge in [0.25, 0.3) is 5.72 Å². The average molecular weight is 398 g/mol. The largest absolute Gasteiger partial charge is 0.494 e. The fraction of sp³-hybridized carbons (Fsp3) is 0.333. The third-order valence-corrected chi connectivity index (χ3v) is 3.96. The second-order valence-electron chi connectivity index (χ2n) is 5.89. The first-order valence-electron chi connectivity index (χ1n) is 8.35. The number of hydrogen-bond acceptors (Lipinski definition) is 6. The lowest BCUT2D eigenvalue weighted by Crippen LogP contribution is -2.56. The van der Waals surface area contributed by atoms with Crippen LogP contribution in [0.4, 0.5) is 13.2 Å². The Bertz CT molecular complexity index is 863. The highest BCUT2D eigenvalue weighted by atomic mass is 19.4. The lowest BCUT2D eigenvalue weighted by atomic mass is 10.1. The molecule has 0 saturated carbocycles. The predicted molar refractivity (Wildman–Crippen MR) is 90.9 cm³/mol. The van der Waals surface area contributed by atoms with Crippen molar-refractivity contribution in [1.29, 1.82) is 0 Å². The highest BCUT2D eigenvalue weighted by molar-refractivity contribution is 5.93. The minimum atomic E-state index is -5.06. The molecule has 2 aromatic rings. The Morgan fingerprint density at radius 1 is 1.21 bits per heavy atom. The van der Waals surface area contributed by atoms with Gasteiger partial charge in [0.05, 0.1) is 6.61 Å². The third-order valence-electron chi connectivity index (χ3n) is 3.96. The molecule has 2 heterocycles. The number of carbonyl (C=O) groups is 1. The van der Waals surface area contributed by atoms with Crippen LogP contribution in [0.3, 0.4) is 0 Å². The number of alkyl halides is 3. The molecule has 28 heavy (non-hydrogen) atoms. The van der Waals surface area contributed by atoms with Gasteiger partial charge >= 0.3 is 12.1 Å². The SMILES string of the molecule is CCOc1ccc(OCc2ccc(C(=O)N3N=CC[C@@]3(O)C(F)(F)F)o2)cc1. The first kappa shape index (κ1) is 19.7. The maximum absolute atomic E-state index is 13.1. The fourth-order valence-corrected chi connectivity index (χ4v) is 2.52. The van der Waals surface area contributed by atoms with E-state index in [2.05, 4.69) is 5.10 Å². The Kier molecular flexibility index (Phi) is 5.32. The van der Waals surface area contributed by atoms with Crippen molar-refractivity contribution in [1.82, 2.24) is 5.01 Å². The van der Waals surface area contributed by atoms with Crippen LogP contribution < -0.4 is 9.47 Å². The maximum atomic E-state index is 13.1. The van der Waals surface area contributed by atoms with Crippen LogP contribution in [-0.2, 0) is 6.61 Å². The molecule has 0 radical (unpaired) electrons. The molecule has 1 aromatic heterocycles. The number of furan rings is 1. The molecular formula is C18H17F3N2O5. The van der Waals surface area contributed by atoms with Gasteiger partial charge in [-0.2, -0.15) is 23.3 Å². The number of carbonyl (C=O) groups excluding carboxylic acids is 1. The smallest absolute Gasteiger partial charge is 0.438 e. The van der Waals surface area contributed by atoms with Gasteiger partial charge in [-0.3, -0.25) is 4.79 Å². The number of aliphatic hydroxyl groups is 1. The van der Waals surface area contributed by atoms with E-state index in [9.17, 15) is 23.1 Å². The van der Waals surface area contributed by atoms with Crippen LogP contribution in [0.5, 0.6) is 11.5 Å². The summed E-state index contributed by atoms with van der Waals surface area (Å²) in [6, 6.07) is 9.40. The number of nitrogens with zero attached hydrogens (tertiary/aromatic N) is 2. The van der Waals surface area contributed by atoms with E-state index in [1.54, 1.807) is 24.3 Å². The monoisotopic (exact) mass is 398 g/mol. The second-order valence-corrected chi connectivity index (χ2v) is 5.89. The van der Waals surface area contributed by atoms with Crippen LogP contribution in [0.1, 0.15) is 29.7 Å². The quantitative estimate of drug-likeness (QED) is 0.807. The molecule has 0 saturated heterocycles. The van der Waals surface area contributed by atoms with E-state index in [0.717, 1.165) is 6.21 Å². The zero-order valence-electron chi connectivity index (χ0n) is 14.8. The molecule has 0 unspecified atom stereocenters. The van der Waals surface area contributed by atoms with Gasteiger partial charge in [-0.05, 0) is 43.3 Å². The predicted octanol–water partition coefficient (Wildman–Crippen LogP) is 3.34. The van der Waals surface area contributed by atoms with Gasteiger partial charge in [0.15, 0.2) is 5.76 Å². The Hall–Kier alpha value is -3.01. The summed E-state index contributed by atoms with van der Waals surface area (Å²) in [6.45, 7) is 2.35. The number of amides is 1. The zero-order valence-corrected chi connectivity index (χ0v) is 14.8. The number of hydrogen-bond donors (Lipinski definition) is 1. The minimum absolute atomic E-state index is 0.0249. The Morgan fingerprint density at radius 2 is 1.86 bits per heavy atom. The van der Waals surface area contributed by atoms with Crippen LogP contribution in [0.2, 0.25) is 0 Å². The molecule has 7 nitrogen and oxygen atoms in total. The van der Waals surface area contributed by atoms with Crippen molar-refractivity contribution < 1.29 is 37.0 Å². The molecule has 0 spiro atoms. The summed E-state index contributed by atoms with van der Waals surface area (Å²) in [6.07, 6.45) is -5.09. The van der Waals surface area contributed by atoms with Gasteiger partial charge in [-0.25, -0.2) is 0 Å². The van der Waals surface area contributed by atoms with Gasteiger partial charge in [-0.1, -0.05) is 0 Å². The number of halogens is 3. The Morgan fingerprint density at radius 3 is 2.46 bits per heavy atom. The molecule has 1 aliphatic rings. The Balaban J connectivity index is 1.65. The van der Waals surface area contributed by atoms with E-state index >= 15 is 0 Å². The van der Waals surface area contributed by atoms with Crippen molar-refractivity contribution in [2.75, 3.05) is 6.61 Å². The minimum Gasteiger partial charge on any atom is -0.494 e. The highest BCUT2D eigenvalue weighted by Gasteiger charge is 2.61. The second kappa shape index (κ2) is 7.55. The molecule has 1 N–H and O–H groups in total. The van der Waals surface area contributed by atoms with Crippen molar-refractivity contribution in [3.63, 3.8) is 0 Å². The summed E-state index contributed by atoms with van der Waals surface area (Å²) in [7, 11) is 0. The zero-order chi connectivity index (χ0) is 20.4. The molecule has 10 heteroatoms. The first-order chi connectivity index (χ1) is 13.2. The summed E-state index contributed by atoms with van der Waals surface area (Å²) >= 11 is 0. The van der Waals surface area contributed by atoms with Crippen LogP contribution in [0, 0.1) is 0 Å². The van der Waals surface area contributed by atoms with Crippen molar-refractivity contribution in [3.8, 4) is 11.5 Å². The standard InChI is InChI=1S/C18H17F3N2O5/c1-2-26-12-3-5-13(6-4-12)27-11-14-7-8-15(28-14)16(24)23-17(25,9-10-22-23)18(19,20)21/h3-8,10,25H,2,9,11H2,1H3/t17-/m1/s1.